The number of sulfonamides is 1. The van der Waals surface area contributed by atoms with E-state index in [9.17, 15) is 13.2 Å². The maximum atomic E-state index is 11.5. The highest BCUT2D eigenvalue weighted by Gasteiger charge is 2.18. The summed E-state index contributed by atoms with van der Waals surface area (Å²) in [6, 6.07) is 3.01. The summed E-state index contributed by atoms with van der Waals surface area (Å²) in [5.41, 5.74) is 4.76. The van der Waals surface area contributed by atoms with Crippen molar-refractivity contribution >= 4 is 27.3 Å². The standard InChI is InChI=1S/C7H10N2O4S2/c8-7(11)5(10)4-9-15(12,13)6-2-1-3-14-6/h1-3,5,9-10H,4H2,(H2,8,11). The summed E-state index contributed by atoms with van der Waals surface area (Å²) in [5.74, 6) is -0.969. The number of aliphatic hydroxyl groups excluding tert-OH is 1. The van der Waals surface area contributed by atoms with E-state index >= 15 is 0 Å². The minimum absolute atomic E-state index is 0.124. The van der Waals surface area contributed by atoms with Crippen LogP contribution in [0.3, 0.4) is 0 Å². The largest absolute Gasteiger partial charge is 0.382 e. The van der Waals surface area contributed by atoms with E-state index in [1.807, 2.05) is 0 Å². The van der Waals surface area contributed by atoms with Crippen molar-refractivity contribution in [1.82, 2.24) is 4.72 Å². The molecule has 1 aromatic heterocycles. The van der Waals surface area contributed by atoms with E-state index in [4.69, 9.17) is 10.8 Å². The van der Waals surface area contributed by atoms with Crippen molar-refractivity contribution in [2.75, 3.05) is 6.54 Å². The minimum atomic E-state index is -3.64. The first-order valence-electron chi connectivity index (χ1n) is 3.94. The highest BCUT2D eigenvalue weighted by atomic mass is 32.2. The van der Waals surface area contributed by atoms with Gasteiger partial charge in [-0.2, -0.15) is 0 Å². The molecule has 0 radical (unpaired) electrons. The minimum Gasteiger partial charge on any atom is -0.382 e. The van der Waals surface area contributed by atoms with Gasteiger partial charge in [0, 0.05) is 6.54 Å². The van der Waals surface area contributed by atoms with Crippen LogP contribution in [0.2, 0.25) is 0 Å². The van der Waals surface area contributed by atoms with Crippen LogP contribution in [0.4, 0.5) is 0 Å². The van der Waals surface area contributed by atoms with Crippen LogP contribution < -0.4 is 10.5 Å². The Kier molecular flexibility index (Phi) is 3.80. The molecule has 1 atom stereocenters. The lowest BCUT2D eigenvalue weighted by molar-refractivity contribution is -0.125. The Hall–Kier alpha value is -0.960. The third-order valence-electron chi connectivity index (χ3n) is 1.56. The lowest BCUT2D eigenvalue weighted by Crippen LogP contribution is -2.39. The van der Waals surface area contributed by atoms with Crippen molar-refractivity contribution in [3.8, 4) is 0 Å². The molecular weight excluding hydrogens is 240 g/mol. The van der Waals surface area contributed by atoms with Gasteiger partial charge in [-0.15, -0.1) is 11.3 Å². The average molecular weight is 250 g/mol. The molecule has 0 fully saturated rings. The molecule has 1 rings (SSSR count). The Morgan fingerprint density at radius 3 is 2.80 bits per heavy atom. The number of aliphatic hydroxyl groups is 1. The molecule has 8 heteroatoms. The van der Waals surface area contributed by atoms with Crippen molar-refractivity contribution in [3.05, 3.63) is 17.5 Å². The SMILES string of the molecule is NC(=O)C(O)CNS(=O)(=O)c1cccs1. The molecule has 0 aliphatic heterocycles. The molecule has 1 aromatic rings. The smallest absolute Gasteiger partial charge is 0.250 e. The number of carbonyl (C=O) groups is 1. The number of nitrogens with one attached hydrogen (secondary N) is 1. The molecule has 0 aliphatic rings. The molecule has 0 aromatic carbocycles. The molecule has 1 heterocycles. The van der Waals surface area contributed by atoms with E-state index in [1.165, 1.54) is 6.07 Å². The van der Waals surface area contributed by atoms with Crippen LogP contribution in [0.5, 0.6) is 0 Å². The van der Waals surface area contributed by atoms with Gasteiger partial charge in [-0.05, 0) is 11.4 Å². The fraction of sp³-hybridized carbons (Fsp3) is 0.286. The second kappa shape index (κ2) is 4.71. The van der Waals surface area contributed by atoms with Crippen molar-refractivity contribution in [1.29, 1.82) is 0 Å². The van der Waals surface area contributed by atoms with Crippen LogP contribution in [0.25, 0.3) is 0 Å². The van der Waals surface area contributed by atoms with Crippen LogP contribution in [-0.4, -0.2) is 32.1 Å². The Morgan fingerprint density at radius 2 is 2.33 bits per heavy atom. The van der Waals surface area contributed by atoms with Crippen molar-refractivity contribution in [2.45, 2.75) is 10.3 Å². The predicted molar refractivity (Wildman–Crippen MR) is 54.7 cm³/mol. The summed E-state index contributed by atoms with van der Waals surface area (Å²) in [6.45, 7) is -0.421. The van der Waals surface area contributed by atoms with Gasteiger partial charge in [0.05, 0.1) is 0 Å². The number of thiophene rings is 1. The van der Waals surface area contributed by atoms with Gasteiger partial charge >= 0.3 is 0 Å². The summed E-state index contributed by atoms with van der Waals surface area (Å²) in [5, 5.41) is 10.6. The first-order chi connectivity index (χ1) is 6.93. The fourth-order valence-electron chi connectivity index (χ4n) is 0.777. The topological polar surface area (TPSA) is 109 Å². The average Bonchev–Trinajstić information content (AvgIpc) is 2.67. The van der Waals surface area contributed by atoms with Gasteiger partial charge in [0.25, 0.3) is 0 Å². The Bertz CT molecular complexity index is 426. The molecule has 4 N–H and O–H groups in total. The van der Waals surface area contributed by atoms with Crippen LogP contribution in [0.15, 0.2) is 21.7 Å². The summed E-state index contributed by atoms with van der Waals surface area (Å²) in [4.78, 5) is 10.4. The van der Waals surface area contributed by atoms with Gasteiger partial charge < -0.3 is 10.8 Å². The molecule has 0 saturated carbocycles. The van der Waals surface area contributed by atoms with Gasteiger partial charge in [0.1, 0.15) is 10.3 Å². The molecule has 84 valence electrons. The molecule has 0 bridgehead atoms. The van der Waals surface area contributed by atoms with Crippen LogP contribution in [0, 0.1) is 0 Å². The molecule has 1 unspecified atom stereocenters. The summed E-state index contributed by atoms with van der Waals surface area (Å²) >= 11 is 1.04. The van der Waals surface area contributed by atoms with Gasteiger partial charge in [0.15, 0.2) is 0 Å². The fourth-order valence-corrected chi connectivity index (χ4v) is 2.85. The lowest BCUT2D eigenvalue weighted by atomic mass is 10.3. The van der Waals surface area contributed by atoms with E-state index in [1.54, 1.807) is 11.4 Å². The molecular formula is C7H10N2O4S2. The summed E-state index contributed by atoms with van der Waals surface area (Å²) in [7, 11) is -3.64. The van der Waals surface area contributed by atoms with E-state index in [0.29, 0.717) is 0 Å². The van der Waals surface area contributed by atoms with Gasteiger partial charge in [0.2, 0.25) is 15.9 Å². The van der Waals surface area contributed by atoms with E-state index in [-0.39, 0.29) is 4.21 Å². The van der Waals surface area contributed by atoms with E-state index in [2.05, 4.69) is 4.72 Å². The van der Waals surface area contributed by atoms with E-state index in [0.717, 1.165) is 11.3 Å². The van der Waals surface area contributed by atoms with Crippen molar-refractivity contribution in [2.24, 2.45) is 5.73 Å². The number of hydrogen-bond donors (Lipinski definition) is 3. The maximum absolute atomic E-state index is 11.5. The molecule has 0 saturated heterocycles. The summed E-state index contributed by atoms with van der Waals surface area (Å²) < 4.78 is 25.1. The zero-order chi connectivity index (χ0) is 11.5. The number of rotatable bonds is 5. The third kappa shape index (κ3) is 3.27. The van der Waals surface area contributed by atoms with Gasteiger partial charge in [-0.1, -0.05) is 6.07 Å². The van der Waals surface area contributed by atoms with Gasteiger partial charge in [-0.3, -0.25) is 4.79 Å². The number of amides is 1. The molecule has 6 nitrogen and oxygen atoms in total. The van der Waals surface area contributed by atoms with E-state index < -0.39 is 28.6 Å². The first-order valence-corrected chi connectivity index (χ1v) is 6.30. The highest BCUT2D eigenvalue weighted by Crippen LogP contribution is 2.14. The number of primary amides is 1. The number of carbonyl (C=O) groups excluding carboxylic acids is 1. The lowest BCUT2D eigenvalue weighted by Gasteiger charge is -2.07. The van der Waals surface area contributed by atoms with Crippen LogP contribution in [0.1, 0.15) is 0 Å². The maximum Gasteiger partial charge on any atom is 0.250 e. The van der Waals surface area contributed by atoms with Crippen LogP contribution in [-0.2, 0) is 14.8 Å². The van der Waals surface area contributed by atoms with Gasteiger partial charge in [-0.25, -0.2) is 13.1 Å². The van der Waals surface area contributed by atoms with Crippen LogP contribution >= 0.6 is 11.3 Å². The second-order valence-corrected chi connectivity index (χ2v) is 5.64. The van der Waals surface area contributed by atoms with Crippen molar-refractivity contribution < 1.29 is 18.3 Å². The zero-order valence-electron chi connectivity index (χ0n) is 7.58. The molecule has 0 spiro atoms. The monoisotopic (exact) mass is 250 g/mol. The normalized spacial score (nSPS) is 13.7. The quantitative estimate of drug-likeness (QED) is 0.614. The highest BCUT2D eigenvalue weighted by molar-refractivity contribution is 7.91. The molecule has 15 heavy (non-hydrogen) atoms. The summed E-state index contributed by atoms with van der Waals surface area (Å²) in [6.07, 6.45) is -1.51. The predicted octanol–water partition coefficient (Wildman–Crippen LogP) is -1.13. The molecule has 0 aliphatic carbocycles. The second-order valence-electron chi connectivity index (χ2n) is 2.70. The Balaban J connectivity index is 2.63. The Morgan fingerprint density at radius 1 is 1.67 bits per heavy atom. The number of nitrogens with two attached hydrogens (primary N) is 1. The number of hydrogen-bond acceptors (Lipinski definition) is 5. The Labute approximate surface area is 90.8 Å². The first kappa shape index (κ1) is 12.1. The zero-order valence-corrected chi connectivity index (χ0v) is 9.22. The third-order valence-corrected chi connectivity index (χ3v) is 4.38. The molecule has 1 amide bonds. The van der Waals surface area contributed by atoms with Crippen molar-refractivity contribution in [3.63, 3.8) is 0 Å².